The van der Waals surface area contributed by atoms with Crippen molar-refractivity contribution in [2.75, 3.05) is 18.0 Å². The number of nitrogens with zero attached hydrogens (tertiary/aromatic N) is 4. The first kappa shape index (κ1) is 14.3. The quantitative estimate of drug-likeness (QED) is 0.870. The van der Waals surface area contributed by atoms with Crippen LogP contribution in [0, 0.1) is 11.3 Å². The van der Waals surface area contributed by atoms with Crippen LogP contribution in [0.3, 0.4) is 0 Å². The predicted octanol–water partition coefficient (Wildman–Crippen LogP) is 2.15. The first-order chi connectivity index (χ1) is 10.8. The standard InChI is InChI=1S/C17H18N4O/c18-11-14-6-2-3-7-15(14)13-21-17(22)10-16(12-19-21)20-8-4-1-5-9-20/h2-3,6-7,10,12H,1,4-5,8-9,13H2. The topological polar surface area (TPSA) is 61.9 Å². The highest BCUT2D eigenvalue weighted by Crippen LogP contribution is 2.17. The number of hydrogen-bond acceptors (Lipinski definition) is 4. The van der Waals surface area contributed by atoms with Crippen molar-refractivity contribution in [2.24, 2.45) is 0 Å². The zero-order valence-corrected chi connectivity index (χ0v) is 12.4. The van der Waals surface area contributed by atoms with E-state index in [0.717, 1.165) is 24.3 Å². The van der Waals surface area contributed by atoms with Crippen LogP contribution in [0.25, 0.3) is 0 Å². The molecule has 0 amide bonds. The Balaban J connectivity index is 1.83. The minimum atomic E-state index is -0.129. The fraction of sp³-hybridized carbons (Fsp3) is 0.353. The Morgan fingerprint density at radius 2 is 1.95 bits per heavy atom. The molecule has 22 heavy (non-hydrogen) atoms. The molecule has 112 valence electrons. The average Bonchev–Trinajstić information content (AvgIpc) is 2.58. The lowest BCUT2D eigenvalue weighted by Gasteiger charge is -2.28. The zero-order chi connectivity index (χ0) is 15.4. The van der Waals surface area contributed by atoms with Crippen LogP contribution < -0.4 is 10.5 Å². The SMILES string of the molecule is N#Cc1ccccc1Cn1ncc(N2CCCCC2)cc1=O. The number of piperidine rings is 1. The summed E-state index contributed by atoms with van der Waals surface area (Å²) in [5.41, 5.74) is 2.16. The van der Waals surface area contributed by atoms with E-state index in [0.29, 0.717) is 12.1 Å². The smallest absolute Gasteiger partial charge is 0.269 e. The lowest BCUT2D eigenvalue weighted by molar-refractivity contribution is 0.571. The predicted molar refractivity (Wildman–Crippen MR) is 84.8 cm³/mol. The first-order valence-electron chi connectivity index (χ1n) is 7.58. The first-order valence-corrected chi connectivity index (χ1v) is 7.58. The fourth-order valence-corrected chi connectivity index (χ4v) is 2.80. The minimum Gasteiger partial charge on any atom is -0.370 e. The summed E-state index contributed by atoms with van der Waals surface area (Å²) < 4.78 is 1.41. The lowest BCUT2D eigenvalue weighted by Crippen LogP contribution is -2.32. The largest absolute Gasteiger partial charge is 0.370 e. The fourth-order valence-electron chi connectivity index (χ4n) is 2.80. The van der Waals surface area contributed by atoms with Gasteiger partial charge in [0.15, 0.2) is 0 Å². The third-order valence-electron chi connectivity index (χ3n) is 4.03. The molecule has 1 aromatic heterocycles. The van der Waals surface area contributed by atoms with Crippen LogP contribution >= 0.6 is 0 Å². The van der Waals surface area contributed by atoms with Crippen LogP contribution in [0.15, 0.2) is 41.3 Å². The molecule has 0 unspecified atom stereocenters. The molecule has 0 aliphatic carbocycles. The second kappa shape index (κ2) is 6.44. The summed E-state index contributed by atoms with van der Waals surface area (Å²) in [5.74, 6) is 0. The molecule has 3 rings (SSSR count). The molecule has 0 bridgehead atoms. The van der Waals surface area contributed by atoms with E-state index in [4.69, 9.17) is 5.26 Å². The molecule has 1 saturated heterocycles. The summed E-state index contributed by atoms with van der Waals surface area (Å²) in [5, 5.41) is 13.4. The van der Waals surface area contributed by atoms with Gasteiger partial charge in [0.25, 0.3) is 5.56 Å². The highest BCUT2D eigenvalue weighted by Gasteiger charge is 2.13. The third-order valence-corrected chi connectivity index (χ3v) is 4.03. The summed E-state index contributed by atoms with van der Waals surface area (Å²) in [6.07, 6.45) is 5.34. The van der Waals surface area contributed by atoms with E-state index in [1.54, 1.807) is 18.3 Å². The van der Waals surface area contributed by atoms with E-state index < -0.39 is 0 Å². The Morgan fingerprint density at radius 1 is 1.18 bits per heavy atom. The van der Waals surface area contributed by atoms with Gasteiger partial charge in [0.05, 0.1) is 30.1 Å². The van der Waals surface area contributed by atoms with Gasteiger partial charge in [-0.15, -0.1) is 0 Å². The number of rotatable bonds is 3. The molecular weight excluding hydrogens is 276 g/mol. The van der Waals surface area contributed by atoms with Gasteiger partial charge >= 0.3 is 0 Å². The summed E-state index contributed by atoms with van der Waals surface area (Å²) >= 11 is 0. The van der Waals surface area contributed by atoms with Gasteiger partial charge in [0.2, 0.25) is 0 Å². The lowest BCUT2D eigenvalue weighted by atomic mass is 10.1. The molecular formula is C17H18N4O. The normalized spacial score (nSPS) is 14.6. The molecule has 5 nitrogen and oxygen atoms in total. The average molecular weight is 294 g/mol. The van der Waals surface area contributed by atoms with E-state index in [2.05, 4.69) is 16.1 Å². The molecule has 0 atom stereocenters. The van der Waals surface area contributed by atoms with Crippen molar-refractivity contribution in [1.82, 2.24) is 9.78 Å². The van der Waals surface area contributed by atoms with Crippen LogP contribution in [0.5, 0.6) is 0 Å². The Kier molecular flexibility index (Phi) is 4.19. The Hall–Kier alpha value is -2.61. The molecule has 0 saturated carbocycles. The van der Waals surface area contributed by atoms with Gasteiger partial charge in [-0.2, -0.15) is 10.4 Å². The van der Waals surface area contributed by atoms with Gasteiger partial charge in [-0.25, -0.2) is 4.68 Å². The number of anilines is 1. The van der Waals surface area contributed by atoms with E-state index in [9.17, 15) is 4.79 Å². The molecule has 5 heteroatoms. The molecule has 0 N–H and O–H groups in total. The molecule has 1 aliphatic rings. The number of benzene rings is 1. The summed E-state index contributed by atoms with van der Waals surface area (Å²) in [4.78, 5) is 14.5. The van der Waals surface area contributed by atoms with Gasteiger partial charge in [0.1, 0.15) is 0 Å². The summed E-state index contributed by atoms with van der Waals surface area (Å²) in [7, 11) is 0. The highest BCUT2D eigenvalue weighted by atomic mass is 16.1. The van der Waals surface area contributed by atoms with Gasteiger partial charge < -0.3 is 4.90 Å². The number of hydrogen-bond donors (Lipinski definition) is 0. The van der Waals surface area contributed by atoms with Gasteiger partial charge in [0, 0.05) is 19.2 Å². The van der Waals surface area contributed by atoms with Crippen molar-refractivity contribution in [3.63, 3.8) is 0 Å². The molecule has 2 heterocycles. The van der Waals surface area contributed by atoms with Crippen LogP contribution in [0.4, 0.5) is 5.69 Å². The van der Waals surface area contributed by atoms with E-state index in [1.165, 1.54) is 23.9 Å². The second-order valence-corrected chi connectivity index (χ2v) is 5.53. The van der Waals surface area contributed by atoms with Crippen molar-refractivity contribution in [3.05, 3.63) is 58.0 Å². The maximum absolute atomic E-state index is 12.3. The minimum absolute atomic E-state index is 0.129. The van der Waals surface area contributed by atoms with Crippen molar-refractivity contribution in [2.45, 2.75) is 25.8 Å². The van der Waals surface area contributed by atoms with Gasteiger partial charge in [-0.3, -0.25) is 4.79 Å². The monoisotopic (exact) mass is 294 g/mol. The van der Waals surface area contributed by atoms with Crippen LogP contribution in [-0.2, 0) is 6.54 Å². The van der Waals surface area contributed by atoms with Gasteiger partial charge in [-0.05, 0) is 30.9 Å². The molecule has 0 spiro atoms. The van der Waals surface area contributed by atoms with E-state index in [-0.39, 0.29) is 5.56 Å². The Bertz CT molecular complexity index is 754. The highest BCUT2D eigenvalue weighted by molar-refractivity contribution is 5.43. The van der Waals surface area contributed by atoms with E-state index >= 15 is 0 Å². The Labute approximate surface area is 129 Å². The third kappa shape index (κ3) is 3.01. The molecule has 0 radical (unpaired) electrons. The number of aromatic nitrogens is 2. The van der Waals surface area contributed by atoms with Crippen LogP contribution in [0.1, 0.15) is 30.4 Å². The van der Waals surface area contributed by atoms with Gasteiger partial charge in [-0.1, -0.05) is 18.2 Å². The second-order valence-electron chi connectivity index (χ2n) is 5.53. The maximum atomic E-state index is 12.3. The van der Waals surface area contributed by atoms with Crippen molar-refractivity contribution in [1.29, 1.82) is 5.26 Å². The zero-order valence-electron chi connectivity index (χ0n) is 12.4. The molecule has 1 fully saturated rings. The summed E-state index contributed by atoms with van der Waals surface area (Å²) in [6, 6.07) is 11.1. The molecule has 1 aromatic carbocycles. The van der Waals surface area contributed by atoms with Crippen molar-refractivity contribution >= 4 is 5.69 Å². The summed E-state index contributed by atoms with van der Waals surface area (Å²) in [6.45, 7) is 2.30. The Morgan fingerprint density at radius 3 is 2.68 bits per heavy atom. The molecule has 1 aliphatic heterocycles. The maximum Gasteiger partial charge on any atom is 0.269 e. The van der Waals surface area contributed by atoms with Crippen molar-refractivity contribution < 1.29 is 0 Å². The number of nitriles is 1. The van der Waals surface area contributed by atoms with E-state index in [1.807, 2.05) is 18.2 Å². The molecule has 2 aromatic rings. The van der Waals surface area contributed by atoms with Crippen LogP contribution in [0.2, 0.25) is 0 Å². The van der Waals surface area contributed by atoms with Crippen LogP contribution in [-0.4, -0.2) is 22.9 Å². The van der Waals surface area contributed by atoms with Crippen molar-refractivity contribution in [3.8, 4) is 6.07 Å².